The van der Waals surface area contributed by atoms with Crippen LogP contribution in [0.15, 0.2) is 48.5 Å². The van der Waals surface area contributed by atoms with E-state index in [1.807, 2.05) is 18.2 Å². The molecule has 0 aliphatic carbocycles. The molecule has 0 radical (unpaired) electrons. The van der Waals surface area contributed by atoms with Crippen molar-refractivity contribution < 1.29 is 13.6 Å². The first-order valence-electron chi connectivity index (χ1n) is 8.34. The van der Waals surface area contributed by atoms with E-state index in [1.165, 1.54) is 5.56 Å². The summed E-state index contributed by atoms with van der Waals surface area (Å²) < 4.78 is 26.8. The van der Waals surface area contributed by atoms with Crippen LogP contribution in [-0.2, 0) is 0 Å². The molecule has 1 fully saturated rings. The number of nitrogens with zero attached hydrogens (tertiary/aromatic N) is 2. The molecule has 1 heterocycles. The lowest BCUT2D eigenvalue weighted by Crippen LogP contribution is -2.50. The fraction of sp³-hybridized carbons (Fsp3) is 0.316. The molecule has 0 bridgehead atoms. The van der Waals surface area contributed by atoms with Crippen LogP contribution in [0.1, 0.15) is 18.5 Å². The van der Waals surface area contributed by atoms with Crippen LogP contribution in [-0.4, -0.2) is 42.0 Å². The molecule has 2 aromatic rings. The van der Waals surface area contributed by atoms with E-state index in [0.29, 0.717) is 13.1 Å². The zero-order valence-electron chi connectivity index (χ0n) is 14.1. The van der Waals surface area contributed by atoms with Crippen LogP contribution in [0.5, 0.6) is 0 Å². The number of hydrogen-bond donors (Lipinski definition) is 1. The second-order valence-corrected chi connectivity index (χ2v) is 6.16. The van der Waals surface area contributed by atoms with Gasteiger partial charge >= 0.3 is 6.03 Å². The number of halogens is 2. The van der Waals surface area contributed by atoms with Gasteiger partial charge in [0, 0.05) is 38.3 Å². The quantitative estimate of drug-likeness (QED) is 0.916. The third kappa shape index (κ3) is 4.14. The van der Waals surface area contributed by atoms with E-state index in [1.54, 1.807) is 4.90 Å². The van der Waals surface area contributed by atoms with Gasteiger partial charge in [-0.3, -0.25) is 4.90 Å². The van der Waals surface area contributed by atoms with Gasteiger partial charge in [-0.25, -0.2) is 13.6 Å². The monoisotopic (exact) mass is 345 g/mol. The van der Waals surface area contributed by atoms with Crippen LogP contribution < -0.4 is 5.32 Å². The summed E-state index contributed by atoms with van der Waals surface area (Å²) in [6.45, 7) is 4.69. The van der Waals surface area contributed by atoms with E-state index in [9.17, 15) is 13.6 Å². The first-order valence-corrected chi connectivity index (χ1v) is 8.34. The summed E-state index contributed by atoms with van der Waals surface area (Å²) in [6, 6.07) is 13.1. The Morgan fingerprint density at radius 1 is 1.04 bits per heavy atom. The normalized spacial score (nSPS) is 16.5. The number of rotatable bonds is 3. The summed E-state index contributed by atoms with van der Waals surface area (Å²) in [5.74, 6) is -1.23. The molecule has 0 aromatic heterocycles. The van der Waals surface area contributed by atoms with Gasteiger partial charge in [-0.1, -0.05) is 30.3 Å². The van der Waals surface area contributed by atoms with Crippen LogP contribution in [0.2, 0.25) is 0 Å². The molecule has 1 saturated heterocycles. The van der Waals surface area contributed by atoms with E-state index >= 15 is 0 Å². The molecule has 1 aliphatic rings. The van der Waals surface area contributed by atoms with Crippen LogP contribution >= 0.6 is 0 Å². The average Bonchev–Trinajstić information content (AvgIpc) is 2.65. The van der Waals surface area contributed by atoms with Gasteiger partial charge in [0.05, 0.1) is 5.69 Å². The van der Waals surface area contributed by atoms with Gasteiger partial charge < -0.3 is 10.2 Å². The highest BCUT2D eigenvalue weighted by atomic mass is 19.1. The van der Waals surface area contributed by atoms with Gasteiger partial charge in [-0.05, 0) is 24.6 Å². The van der Waals surface area contributed by atoms with Gasteiger partial charge in [0.15, 0.2) is 0 Å². The van der Waals surface area contributed by atoms with Gasteiger partial charge in [-0.2, -0.15) is 0 Å². The third-order valence-corrected chi connectivity index (χ3v) is 4.60. The highest BCUT2D eigenvalue weighted by Gasteiger charge is 2.25. The lowest BCUT2D eigenvalue weighted by atomic mass is 10.1. The van der Waals surface area contributed by atoms with Crippen molar-refractivity contribution in [3.8, 4) is 0 Å². The minimum Gasteiger partial charge on any atom is -0.322 e. The number of urea groups is 1. The van der Waals surface area contributed by atoms with E-state index in [2.05, 4.69) is 29.3 Å². The minimum atomic E-state index is -0.647. The minimum absolute atomic E-state index is 0.134. The predicted octanol–water partition coefficient (Wildman–Crippen LogP) is 3.88. The SMILES string of the molecule is CC(c1ccccc1)N1CCN(C(=O)Nc2cc(F)ccc2F)CC1. The topological polar surface area (TPSA) is 35.6 Å². The smallest absolute Gasteiger partial charge is 0.322 e. The van der Waals surface area contributed by atoms with Crippen molar-refractivity contribution in [2.45, 2.75) is 13.0 Å². The maximum Gasteiger partial charge on any atom is 0.322 e. The summed E-state index contributed by atoms with van der Waals surface area (Å²) in [4.78, 5) is 16.2. The molecule has 6 heteroatoms. The van der Waals surface area contributed by atoms with Gasteiger partial charge in [0.2, 0.25) is 0 Å². The van der Waals surface area contributed by atoms with Crippen LogP contribution in [0.3, 0.4) is 0 Å². The molecule has 2 amide bonds. The van der Waals surface area contributed by atoms with Crippen molar-refractivity contribution in [2.75, 3.05) is 31.5 Å². The molecule has 132 valence electrons. The number of carbonyl (C=O) groups excluding carboxylic acids is 1. The Morgan fingerprint density at radius 2 is 1.72 bits per heavy atom. The number of carbonyl (C=O) groups is 1. The molecule has 1 atom stereocenters. The molecule has 1 aliphatic heterocycles. The van der Waals surface area contributed by atoms with Crippen molar-refractivity contribution in [3.63, 3.8) is 0 Å². The maximum atomic E-state index is 13.6. The Labute approximate surface area is 146 Å². The Morgan fingerprint density at radius 3 is 2.40 bits per heavy atom. The fourth-order valence-corrected chi connectivity index (χ4v) is 3.04. The van der Waals surface area contributed by atoms with Crippen LogP contribution in [0, 0.1) is 11.6 Å². The summed E-state index contributed by atoms with van der Waals surface area (Å²) in [5, 5.41) is 2.45. The Kier molecular flexibility index (Phi) is 5.28. The average molecular weight is 345 g/mol. The standard InChI is InChI=1S/C19H21F2N3O/c1-14(15-5-3-2-4-6-15)23-9-11-24(12-10-23)19(25)22-18-13-16(20)7-8-17(18)21/h2-8,13-14H,9-12H2,1H3,(H,22,25). The molecule has 2 aromatic carbocycles. The molecule has 25 heavy (non-hydrogen) atoms. The summed E-state index contributed by atoms with van der Waals surface area (Å²) >= 11 is 0. The lowest BCUT2D eigenvalue weighted by molar-refractivity contribution is 0.119. The fourth-order valence-electron chi connectivity index (χ4n) is 3.04. The Bertz CT molecular complexity index is 731. The van der Waals surface area contributed by atoms with E-state index < -0.39 is 17.7 Å². The molecule has 0 saturated carbocycles. The van der Waals surface area contributed by atoms with Gasteiger partial charge in [0.25, 0.3) is 0 Å². The molecule has 1 unspecified atom stereocenters. The first kappa shape index (κ1) is 17.4. The summed E-state index contributed by atoms with van der Waals surface area (Å²) in [6.07, 6.45) is 0. The highest BCUT2D eigenvalue weighted by Crippen LogP contribution is 2.22. The second-order valence-electron chi connectivity index (χ2n) is 6.16. The van der Waals surface area contributed by atoms with E-state index in [-0.39, 0.29) is 11.7 Å². The zero-order chi connectivity index (χ0) is 17.8. The van der Waals surface area contributed by atoms with Gasteiger partial charge in [0.1, 0.15) is 11.6 Å². The summed E-state index contributed by atoms with van der Waals surface area (Å²) in [7, 11) is 0. The van der Waals surface area contributed by atoms with E-state index in [4.69, 9.17) is 0 Å². The molecule has 1 N–H and O–H groups in total. The zero-order valence-corrected chi connectivity index (χ0v) is 14.1. The number of hydrogen-bond acceptors (Lipinski definition) is 2. The van der Waals surface area contributed by atoms with Gasteiger partial charge in [-0.15, -0.1) is 0 Å². The molecular weight excluding hydrogens is 324 g/mol. The number of amides is 2. The van der Waals surface area contributed by atoms with Crippen molar-refractivity contribution in [1.82, 2.24) is 9.80 Å². The first-order chi connectivity index (χ1) is 12.0. The summed E-state index contributed by atoms with van der Waals surface area (Å²) in [5.41, 5.74) is 1.10. The molecular formula is C19H21F2N3O. The van der Waals surface area contributed by atoms with Crippen molar-refractivity contribution >= 4 is 11.7 Å². The number of nitrogens with one attached hydrogen (secondary N) is 1. The molecule has 0 spiro atoms. The van der Waals surface area contributed by atoms with Crippen molar-refractivity contribution in [2.24, 2.45) is 0 Å². The Hall–Kier alpha value is -2.47. The van der Waals surface area contributed by atoms with Crippen molar-refractivity contribution in [3.05, 3.63) is 65.7 Å². The molecule has 4 nitrogen and oxygen atoms in total. The maximum absolute atomic E-state index is 13.6. The van der Waals surface area contributed by atoms with Crippen LogP contribution in [0.4, 0.5) is 19.3 Å². The number of anilines is 1. The number of benzene rings is 2. The lowest BCUT2D eigenvalue weighted by Gasteiger charge is -2.38. The highest BCUT2D eigenvalue weighted by molar-refractivity contribution is 5.89. The second kappa shape index (κ2) is 7.61. The van der Waals surface area contributed by atoms with E-state index in [0.717, 1.165) is 31.3 Å². The molecule has 3 rings (SSSR count). The van der Waals surface area contributed by atoms with Crippen molar-refractivity contribution in [1.29, 1.82) is 0 Å². The number of piperazine rings is 1. The Balaban J connectivity index is 1.56. The predicted molar refractivity (Wildman–Crippen MR) is 93.4 cm³/mol. The van der Waals surface area contributed by atoms with Crippen LogP contribution in [0.25, 0.3) is 0 Å². The largest absolute Gasteiger partial charge is 0.322 e. The third-order valence-electron chi connectivity index (χ3n) is 4.60.